The van der Waals surface area contributed by atoms with Crippen LogP contribution in [0.25, 0.3) is 11.5 Å². The van der Waals surface area contributed by atoms with E-state index in [0.29, 0.717) is 30.5 Å². The molecule has 3 aromatic rings. The molecule has 0 unspecified atom stereocenters. The third kappa shape index (κ3) is 7.56. The summed E-state index contributed by atoms with van der Waals surface area (Å²) in [7, 11) is 0. The molecule has 1 amide bonds. The molecule has 3 rings (SSSR count). The maximum absolute atomic E-state index is 12.4. The summed E-state index contributed by atoms with van der Waals surface area (Å²) in [6.45, 7) is 7.73. The molecule has 0 spiro atoms. The Kier molecular flexibility index (Phi) is 8.83. The molecule has 1 aromatic heterocycles. The quantitative estimate of drug-likeness (QED) is 0.411. The normalized spacial score (nSPS) is 11.8. The van der Waals surface area contributed by atoms with Crippen LogP contribution in [0, 0.1) is 12.8 Å². The van der Waals surface area contributed by atoms with E-state index in [1.54, 1.807) is 31.2 Å². The monoisotopic (exact) mass is 481 g/mol. The van der Waals surface area contributed by atoms with Gasteiger partial charge < -0.3 is 19.1 Å². The number of carboxylic acids is 1. The Balaban J connectivity index is 1.55. The zero-order chi connectivity index (χ0) is 25.4. The summed E-state index contributed by atoms with van der Waals surface area (Å²) in [6, 6.07) is 14.5. The van der Waals surface area contributed by atoms with Crippen molar-refractivity contribution >= 4 is 12.1 Å². The van der Waals surface area contributed by atoms with E-state index < -0.39 is 24.6 Å². The number of carbonyl (C=O) groups excluding carboxylic acids is 1. The van der Waals surface area contributed by atoms with Crippen molar-refractivity contribution in [3.63, 3.8) is 0 Å². The Labute approximate surface area is 204 Å². The first kappa shape index (κ1) is 25.7. The average Bonchev–Trinajstić information content (AvgIpc) is 3.30. The Hall–Kier alpha value is -3.88. The highest BCUT2D eigenvalue weighted by molar-refractivity contribution is 5.77. The summed E-state index contributed by atoms with van der Waals surface area (Å²) < 4.78 is 16.4. The second-order valence-electron chi connectivity index (χ2n) is 8.72. The van der Waals surface area contributed by atoms with E-state index in [4.69, 9.17) is 14.0 Å². The summed E-state index contributed by atoms with van der Waals surface area (Å²) in [5, 5.41) is 13.2. The Morgan fingerprint density at radius 3 is 2.37 bits per heavy atom. The van der Waals surface area contributed by atoms with Crippen molar-refractivity contribution < 1.29 is 28.7 Å². The summed E-state index contributed by atoms with van der Waals surface area (Å²) in [6.07, 6.45) is -0.180. The summed E-state index contributed by atoms with van der Waals surface area (Å²) in [5.41, 5.74) is 2.79. The molecule has 0 radical (unpaired) electrons. The van der Waals surface area contributed by atoms with Gasteiger partial charge in [-0.1, -0.05) is 48.8 Å². The van der Waals surface area contributed by atoms with Crippen LogP contribution in [0.3, 0.4) is 0 Å². The number of hydrogen-bond acceptors (Lipinski definition) is 7. The van der Waals surface area contributed by atoms with Crippen LogP contribution in [0.15, 0.2) is 53.1 Å². The zero-order valence-corrected chi connectivity index (χ0v) is 20.4. The lowest BCUT2D eigenvalue weighted by atomic mass is 10.1. The molecule has 9 nitrogen and oxygen atoms in total. The van der Waals surface area contributed by atoms with Crippen LogP contribution < -0.4 is 4.74 Å². The maximum atomic E-state index is 12.4. The van der Waals surface area contributed by atoms with Gasteiger partial charge in [-0.3, -0.25) is 9.69 Å². The van der Waals surface area contributed by atoms with Gasteiger partial charge in [-0.25, -0.2) is 4.79 Å². The molecule has 0 fully saturated rings. The first-order chi connectivity index (χ1) is 16.7. The molecule has 9 heteroatoms. The average molecular weight is 482 g/mol. The molecule has 2 aromatic carbocycles. The topological polar surface area (TPSA) is 115 Å². The molecule has 1 heterocycles. The van der Waals surface area contributed by atoms with Crippen molar-refractivity contribution in [1.82, 2.24) is 15.0 Å². The second kappa shape index (κ2) is 12.0. The van der Waals surface area contributed by atoms with Crippen molar-refractivity contribution in [2.45, 2.75) is 40.2 Å². The number of benzene rings is 2. The van der Waals surface area contributed by atoms with Gasteiger partial charge in [-0.15, -0.1) is 0 Å². The van der Waals surface area contributed by atoms with Crippen LogP contribution in [0.4, 0.5) is 4.79 Å². The summed E-state index contributed by atoms with van der Waals surface area (Å²) in [5.74, 6) is 0.700. The smallest absolute Gasteiger partial charge is 0.410 e. The highest BCUT2D eigenvalue weighted by atomic mass is 16.6. The fraction of sp³-hybridized carbons (Fsp3) is 0.385. The van der Waals surface area contributed by atoms with Crippen LogP contribution in [0.2, 0.25) is 0 Å². The predicted molar refractivity (Wildman–Crippen MR) is 129 cm³/mol. The van der Waals surface area contributed by atoms with Crippen molar-refractivity contribution in [3.05, 3.63) is 65.5 Å². The summed E-state index contributed by atoms with van der Waals surface area (Å²) >= 11 is 0. The number of aromatic nitrogens is 2. The third-order valence-electron chi connectivity index (χ3n) is 5.27. The van der Waals surface area contributed by atoms with E-state index in [-0.39, 0.29) is 12.5 Å². The minimum Gasteiger partial charge on any atom is -0.493 e. The Bertz CT molecular complexity index is 1110. The largest absolute Gasteiger partial charge is 0.493 e. The molecule has 1 atom stereocenters. The summed E-state index contributed by atoms with van der Waals surface area (Å²) in [4.78, 5) is 29.3. The Morgan fingerprint density at radius 1 is 1.06 bits per heavy atom. The second-order valence-corrected chi connectivity index (χ2v) is 8.72. The fourth-order valence-corrected chi connectivity index (χ4v) is 3.28. The molecule has 35 heavy (non-hydrogen) atoms. The lowest BCUT2D eigenvalue weighted by molar-refractivity contribution is -0.138. The molecule has 0 aliphatic heterocycles. The maximum Gasteiger partial charge on any atom is 0.410 e. The predicted octanol–water partition coefficient (Wildman–Crippen LogP) is 4.91. The minimum atomic E-state index is -1.11. The molecule has 1 N–H and O–H groups in total. The van der Waals surface area contributed by atoms with Crippen molar-refractivity contribution in [1.29, 1.82) is 0 Å². The number of aliphatic carboxylic acids is 1. The Morgan fingerprint density at radius 2 is 1.74 bits per heavy atom. The standard InChI is InChI=1S/C26H31N3O6/c1-17(2)16-34-26(32)29(15-24(30)31)19(4)20-9-11-22(12-10-20)33-14-13-23-27-25(35-28-23)21-7-5-18(3)6-8-21/h5-12,17,19H,13-16H2,1-4H3,(H,30,31)/t19-/m0/s1. The SMILES string of the molecule is Cc1ccc(-c2nc(CCOc3ccc([C@H](C)N(CC(=O)O)C(=O)OCC(C)C)cc3)no2)cc1. The minimum absolute atomic E-state index is 0.152. The van der Waals surface area contributed by atoms with Gasteiger partial charge in [0.2, 0.25) is 0 Å². The molecule has 0 aliphatic rings. The number of hydrogen-bond donors (Lipinski definition) is 1. The van der Waals surface area contributed by atoms with Crippen LogP contribution in [-0.2, 0) is 16.0 Å². The van der Waals surface area contributed by atoms with Crippen LogP contribution in [-0.4, -0.2) is 52.0 Å². The van der Waals surface area contributed by atoms with Gasteiger partial charge >= 0.3 is 12.1 Å². The number of amides is 1. The van der Waals surface area contributed by atoms with Gasteiger partial charge in [0, 0.05) is 12.0 Å². The lowest BCUT2D eigenvalue weighted by Crippen LogP contribution is -2.38. The van der Waals surface area contributed by atoms with Gasteiger partial charge in [0.1, 0.15) is 12.3 Å². The van der Waals surface area contributed by atoms with Crippen molar-refractivity contribution in [2.75, 3.05) is 19.8 Å². The molecule has 0 saturated heterocycles. The van der Waals surface area contributed by atoms with Gasteiger partial charge in [0.25, 0.3) is 5.89 Å². The molecule has 186 valence electrons. The van der Waals surface area contributed by atoms with Crippen molar-refractivity contribution in [3.8, 4) is 17.2 Å². The molecule has 0 bridgehead atoms. The van der Waals surface area contributed by atoms with Gasteiger partial charge in [-0.05, 0) is 49.6 Å². The van der Waals surface area contributed by atoms with E-state index in [2.05, 4.69) is 10.1 Å². The first-order valence-electron chi connectivity index (χ1n) is 11.5. The molecular weight excluding hydrogens is 450 g/mol. The molecular formula is C26H31N3O6. The molecule has 0 aliphatic carbocycles. The highest BCUT2D eigenvalue weighted by Gasteiger charge is 2.25. The van der Waals surface area contributed by atoms with E-state index in [0.717, 1.165) is 16.7 Å². The van der Waals surface area contributed by atoms with Gasteiger partial charge in [0.05, 0.1) is 19.3 Å². The number of rotatable bonds is 11. The van der Waals surface area contributed by atoms with Gasteiger partial charge in [-0.2, -0.15) is 4.98 Å². The zero-order valence-electron chi connectivity index (χ0n) is 20.4. The van der Waals surface area contributed by atoms with E-state index in [1.165, 1.54) is 4.90 Å². The van der Waals surface area contributed by atoms with Crippen molar-refractivity contribution in [2.24, 2.45) is 5.92 Å². The van der Waals surface area contributed by atoms with E-state index >= 15 is 0 Å². The van der Waals surface area contributed by atoms with Crippen LogP contribution >= 0.6 is 0 Å². The number of ether oxygens (including phenoxy) is 2. The van der Waals surface area contributed by atoms with E-state index in [1.807, 2.05) is 45.0 Å². The first-order valence-corrected chi connectivity index (χ1v) is 11.5. The number of aryl methyl sites for hydroxylation is 1. The number of carbonyl (C=O) groups is 2. The third-order valence-corrected chi connectivity index (χ3v) is 5.27. The van der Waals surface area contributed by atoms with E-state index in [9.17, 15) is 14.7 Å². The fourth-order valence-electron chi connectivity index (χ4n) is 3.28. The number of nitrogens with zero attached hydrogens (tertiary/aromatic N) is 3. The highest BCUT2D eigenvalue weighted by Crippen LogP contribution is 2.24. The van der Waals surface area contributed by atoms with Crippen LogP contribution in [0.5, 0.6) is 5.75 Å². The van der Waals surface area contributed by atoms with Crippen LogP contribution in [0.1, 0.15) is 43.8 Å². The lowest BCUT2D eigenvalue weighted by Gasteiger charge is -2.27. The number of carboxylic acid groups (broad SMARTS) is 1. The molecule has 0 saturated carbocycles. The van der Waals surface area contributed by atoms with Gasteiger partial charge in [0.15, 0.2) is 5.82 Å².